The van der Waals surface area contributed by atoms with Crippen LogP contribution < -0.4 is 5.32 Å². The van der Waals surface area contributed by atoms with Crippen LogP contribution in [0, 0.1) is 6.92 Å². The van der Waals surface area contributed by atoms with Crippen molar-refractivity contribution in [2.45, 2.75) is 11.8 Å². The van der Waals surface area contributed by atoms with E-state index in [4.69, 9.17) is 4.52 Å². The minimum absolute atomic E-state index is 0.112. The summed E-state index contributed by atoms with van der Waals surface area (Å²) in [6, 6.07) is 7.60. The lowest BCUT2D eigenvalue weighted by Crippen LogP contribution is -2.47. The van der Waals surface area contributed by atoms with Gasteiger partial charge in [-0.2, -0.15) is 4.31 Å². The molecule has 0 spiro atoms. The van der Waals surface area contributed by atoms with Crippen molar-refractivity contribution in [1.82, 2.24) is 14.4 Å². The molecule has 1 saturated heterocycles. The quantitative estimate of drug-likeness (QED) is 0.875. The predicted molar refractivity (Wildman–Crippen MR) is 91.9 cm³/mol. The van der Waals surface area contributed by atoms with Gasteiger partial charge in [0.1, 0.15) is 5.76 Å². The molecule has 0 saturated carbocycles. The summed E-state index contributed by atoms with van der Waals surface area (Å²) in [5.74, 6) is 0.417. The van der Waals surface area contributed by atoms with Crippen molar-refractivity contribution in [2.75, 3.05) is 38.5 Å². The van der Waals surface area contributed by atoms with Crippen LogP contribution in [-0.2, 0) is 10.0 Å². The average molecular weight is 364 g/mol. The maximum absolute atomic E-state index is 12.8. The fourth-order valence-electron chi connectivity index (χ4n) is 2.59. The zero-order valence-electron chi connectivity index (χ0n) is 14.1. The summed E-state index contributed by atoms with van der Waals surface area (Å²) in [4.78, 5) is 14.5. The third-order valence-corrected chi connectivity index (χ3v) is 5.96. The number of carbonyl (C=O) groups is 1. The van der Waals surface area contributed by atoms with Gasteiger partial charge in [0.05, 0.1) is 4.90 Å². The molecule has 0 unspecified atom stereocenters. The van der Waals surface area contributed by atoms with Crippen LogP contribution in [0.2, 0.25) is 0 Å². The molecule has 0 aliphatic carbocycles. The summed E-state index contributed by atoms with van der Waals surface area (Å²) < 4.78 is 31.9. The van der Waals surface area contributed by atoms with Gasteiger partial charge in [-0.1, -0.05) is 11.2 Å². The van der Waals surface area contributed by atoms with E-state index in [2.05, 4.69) is 15.4 Å². The second-order valence-corrected chi connectivity index (χ2v) is 7.95. The molecule has 0 radical (unpaired) electrons. The van der Waals surface area contributed by atoms with Crippen LogP contribution in [0.15, 0.2) is 39.8 Å². The molecule has 1 aromatic heterocycles. The van der Waals surface area contributed by atoms with Crippen LogP contribution in [0.4, 0.5) is 5.82 Å². The molecule has 1 aromatic carbocycles. The number of likely N-dealkylation sites (N-methyl/N-ethyl adjacent to an activating group) is 1. The second-order valence-electron chi connectivity index (χ2n) is 6.01. The lowest BCUT2D eigenvalue weighted by molar-refractivity contribution is 0.102. The van der Waals surface area contributed by atoms with Crippen LogP contribution in [0.25, 0.3) is 0 Å². The van der Waals surface area contributed by atoms with E-state index in [1.165, 1.54) is 16.4 Å². The molecule has 9 heteroatoms. The Kier molecular flexibility index (Phi) is 4.89. The minimum Gasteiger partial charge on any atom is -0.360 e. The van der Waals surface area contributed by atoms with Crippen molar-refractivity contribution < 1.29 is 17.7 Å². The number of benzene rings is 1. The number of nitrogens with zero attached hydrogens (tertiary/aromatic N) is 3. The first-order valence-corrected chi connectivity index (χ1v) is 9.34. The van der Waals surface area contributed by atoms with Gasteiger partial charge in [0, 0.05) is 37.8 Å². The maximum atomic E-state index is 12.8. The number of anilines is 1. The van der Waals surface area contributed by atoms with Crippen molar-refractivity contribution in [1.29, 1.82) is 0 Å². The Labute approximate surface area is 146 Å². The van der Waals surface area contributed by atoms with Crippen LogP contribution in [0.5, 0.6) is 0 Å². The fourth-order valence-corrected chi connectivity index (χ4v) is 4.06. The SMILES string of the molecule is Cc1cc(NC(=O)c2cccc(S(=O)(=O)N3CCN(C)CC3)c2)no1. The van der Waals surface area contributed by atoms with E-state index < -0.39 is 15.9 Å². The molecule has 1 fully saturated rings. The third kappa shape index (κ3) is 3.89. The van der Waals surface area contributed by atoms with E-state index in [9.17, 15) is 13.2 Å². The number of nitrogens with one attached hydrogen (secondary N) is 1. The highest BCUT2D eigenvalue weighted by atomic mass is 32.2. The molecule has 8 nitrogen and oxygen atoms in total. The normalized spacial score (nSPS) is 16.7. The van der Waals surface area contributed by atoms with E-state index in [1.807, 2.05) is 7.05 Å². The van der Waals surface area contributed by atoms with Crippen molar-refractivity contribution in [3.63, 3.8) is 0 Å². The number of hydrogen-bond donors (Lipinski definition) is 1. The van der Waals surface area contributed by atoms with Gasteiger partial charge in [0.25, 0.3) is 5.91 Å². The lowest BCUT2D eigenvalue weighted by Gasteiger charge is -2.31. The molecule has 134 valence electrons. The highest BCUT2D eigenvalue weighted by Gasteiger charge is 2.28. The van der Waals surface area contributed by atoms with Crippen molar-refractivity contribution in [3.05, 3.63) is 41.7 Å². The monoisotopic (exact) mass is 364 g/mol. The van der Waals surface area contributed by atoms with Gasteiger partial charge in [-0.15, -0.1) is 0 Å². The first-order valence-electron chi connectivity index (χ1n) is 7.90. The Morgan fingerprint density at radius 2 is 1.92 bits per heavy atom. The molecule has 1 aliphatic heterocycles. The zero-order chi connectivity index (χ0) is 18.0. The molecule has 25 heavy (non-hydrogen) atoms. The molecular formula is C16H20N4O4S. The Morgan fingerprint density at radius 1 is 1.20 bits per heavy atom. The van der Waals surface area contributed by atoms with E-state index in [0.29, 0.717) is 31.9 Å². The van der Waals surface area contributed by atoms with Crippen molar-refractivity contribution in [2.24, 2.45) is 0 Å². The summed E-state index contributed by atoms with van der Waals surface area (Å²) in [6.45, 7) is 3.96. The van der Waals surface area contributed by atoms with E-state index >= 15 is 0 Å². The van der Waals surface area contributed by atoms with Crippen LogP contribution in [0.1, 0.15) is 16.1 Å². The van der Waals surface area contributed by atoms with Gasteiger partial charge in [-0.05, 0) is 32.2 Å². The van der Waals surface area contributed by atoms with Gasteiger partial charge in [-0.25, -0.2) is 8.42 Å². The molecule has 2 heterocycles. The van der Waals surface area contributed by atoms with E-state index in [-0.39, 0.29) is 16.3 Å². The van der Waals surface area contributed by atoms with Crippen LogP contribution in [0.3, 0.4) is 0 Å². The largest absolute Gasteiger partial charge is 0.360 e. The number of piperazine rings is 1. The number of aromatic nitrogens is 1. The first-order chi connectivity index (χ1) is 11.9. The molecule has 3 rings (SSSR count). The summed E-state index contributed by atoms with van der Waals surface area (Å²) in [5.41, 5.74) is 0.246. The average Bonchev–Trinajstić information content (AvgIpc) is 3.00. The number of amides is 1. The minimum atomic E-state index is -3.62. The van der Waals surface area contributed by atoms with Gasteiger partial charge in [-0.3, -0.25) is 4.79 Å². The van der Waals surface area contributed by atoms with Gasteiger partial charge < -0.3 is 14.7 Å². The van der Waals surface area contributed by atoms with E-state index in [1.54, 1.807) is 25.1 Å². The second kappa shape index (κ2) is 6.95. The molecule has 0 bridgehead atoms. The maximum Gasteiger partial charge on any atom is 0.256 e. The Hall–Kier alpha value is -2.23. The van der Waals surface area contributed by atoms with Gasteiger partial charge in [0.15, 0.2) is 5.82 Å². The van der Waals surface area contributed by atoms with Crippen LogP contribution >= 0.6 is 0 Å². The molecule has 2 aromatic rings. The van der Waals surface area contributed by atoms with Crippen molar-refractivity contribution >= 4 is 21.7 Å². The number of rotatable bonds is 4. The van der Waals surface area contributed by atoms with Crippen molar-refractivity contribution in [3.8, 4) is 0 Å². The molecule has 1 N–H and O–H groups in total. The Bertz CT molecular complexity index is 870. The Balaban J connectivity index is 1.79. The van der Waals surface area contributed by atoms with Gasteiger partial charge in [0.2, 0.25) is 10.0 Å². The van der Waals surface area contributed by atoms with Crippen LogP contribution in [-0.4, -0.2) is 61.9 Å². The number of sulfonamides is 1. The summed E-state index contributed by atoms with van der Waals surface area (Å²) in [5, 5.41) is 6.28. The number of aryl methyl sites for hydroxylation is 1. The number of hydrogen-bond acceptors (Lipinski definition) is 6. The summed E-state index contributed by atoms with van der Waals surface area (Å²) in [6.07, 6.45) is 0. The third-order valence-electron chi connectivity index (χ3n) is 4.07. The van der Waals surface area contributed by atoms with Gasteiger partial charge >= 0.3 is 0 Å². The highest BCUT2D eigenvalue weighted by molar-refractivity contribution is 7.89. The Morgan fingerprint density at radius 3 is 2.56 bits per heavy atom. The summed E-state index contributed by atoms with van der Waals surface area (Å²) >= 11 is 0. The lowest BCUT2D eigenvalue weighted by atomic mass is 10.2. The standard InChI is InChI=1S/C16H20N4O4S/c1-12-10-15(18-24-12)17-16(21)13-4-3-5-14(11-13)25(22,23)20-8-6-19(2)7-9-20/h3-5,10-11H,6-9H2,1-2H3,(H,17,18,21). The molecule has 1 amide bonds. The predicted octanol–water partition coefficient (Wildman–Crippen LogP) is 1.17. The topological polar surface area (TPSA) is 95.8 Å². The fraction of sp³-hybridized carbons (Fsp3) is 0.375. The highest BCUT2D eigenvalue weighted by Crippen LogP contribution is 2.19. The zero-order valence-corrected chi connectivity index (χ0v) is 14.9. The molecule has 0 atom stereocenters. The number of carbonyl (C=O) groups excluding carboxylic acids is 1. The summed E-state index contributed by atoms with van der Waals surface area (Å²) in [7, 11) is -1.66. The first kappa shape index (κ1) is 17.6. The van der Waals surface area contributed by atoms with E-state index in [0.717, 1.165) is 0 Å². The smallest absolute Gasteiger partial charge is 0.256 e. The molecule has 1 aliphatic rings. The molecular weight excluding hydrogens is 344 g/mol.